The number of methoxy groups -OCH3 is 2. The van der Waals surface area contributed by atoms with E-state index in [1.807, 2.05) is 84.9 Å². The smallest absolute Gasteiger partial charge is 0.142 e. The number of hydrogen-bond donors (Lipinski definition) is 4. The second-order valence-electron chi connectivity index (χ2n) is 7.99. The van der Waals surface area contributed by atoms with Crippen molar-refractivity contribution >= 4 is 22.7 Å². The molecule has 0 spiro atoms. The van der Waals surface area contributed by atoms with Gasteiger partial charge in [0.1, 0.15) is 11.5 Å². The number of hydrogen-bond acceptors (Lipinski definition) is 6. The van der Waals surface area contributed by atoms with Gasteiger partial charge in [-0.15, -0.1) is 0 Å². The van der Waals surface area contributed by atoms with Crippen molar-refractivity contribution in [2.24, 2.45) is 0 Å². The predicted octanol–water partition coefficient (Wildman–Crippen LogP) is 4.90. The minimum Gasteiger partial charge on any atom is -0.495 e. The average molecular weight is 457 g/mol. The highest BCUT2D eigenvalue weighted by atomic mass is 16.5. The molecule has 0 radical (unpaired) electrons. The zero-order valence-corrected chi connectivity index (χ0v) is 19.6. The Kier molecular flexibility index (Phi) is 8.24. The van der Waals surface area contributed by atoms with Gasteiger partial charge in [-0.3, -0.25) is 0 Å². The van der Waals surface area contributed by atoms with Crippen LogP contribution >= 0.6 is 0 Å². The van der Waals surface area contributed by atoms with E-state index in [4.69, 9.17) is 32.4 Å². The summed E-state index contributed by atoms with van der Waals surface area (Å²) in [7, 11) is 3.23. The van der Waals surface area contributed by atoms with E-state index in [0.717, 1.165) is 35.3 Å². The van der Waals surface area contributed by atoms with Crippen LogP contribution in [0.15, 0.2) is 84.9 Å². The Labute approximate surface area is 201 Å². The lowest BCUT2D eigenvalue weighted by Crippen LogP contribution is -1.97. The molecule has 34 heavy (non-hydrogen) atoms. The van der Waals surface area contributed by atoms with Gasteiger partial charge in [-0.2, -0.15) is 0 Å². The molecule has 0 aliphatic rings. The fraction of sp³-hybridized carbons (Fsp3) is 0.143. The van der Waals surface area contributed by atoms with Crippen molar-refractivity contribution in [2.45, 2.75) is 12.8 Å². The lowest BCUT2D eigenvalue weighted by atomic mass is 10.0. The van der Waals surface area contributed by atoms with Crippen LogP contribution in [0.4, 0.5) is 22.7 Å². The van der Waals surface area contributed by atoms with Crippen LogP contribution in [0.25, 0.3) is 0 Å². The SMILES string of the molecule is COc1cc(Cc2ccc(N)c(OC)c2)ccc1N.Nc1ccc(Cc2ccc(N)cc2)cc1. The van der Waals surface area contributed by atoms with E-state index in [0.29, 0.717) is 22.9 Å². The van der Waals surface area contributed by atoms with Gasteiger partial charge in [-0.1, -0.05) is 36.4 Å². The standard InChI is InChI=1S/C15H18N2O2.C13H14N2/c1-18-14-8-10(3-5-12(14)16)7-11-4-6-13(17)15(9-11)19-2;14-12-5-1-10(2-6-12)9-11-3-7-13(15)8-4-11/h3-6,8-9H,7,16-17H2,1-2H3;1-8H,9,14-15H2. The first-order valence-electron chi connectivity index (χ1n) is 10.9. The quantitative estimate of drug-likeness (QED) is 0.306. The number of anilines is 4. The van der Waals surface area contributed by atoms with Crippen molar-refractivity contribution in [3.05, 3.63) is 107 Å². The van der Waals surface area contributed by atoms with E-state index in [1.165, 1.54) is 11.1 Å². The molecule has 6 nitrogen and oxygen atoms in total. The highest BCUT2D eigenvalue weighted by Crippen LogP contribution is 2.26. The van der Waals surface area contributed by atoms with E-state index in [-0.39, 0.29) is 0 Å². The molecule has 4 aromatic carbocycles. The van der Waals surface area contributed by atoms with E-state index in [2.05, 4.69) is 0 Å². The summed E-state index contributed by atoms with van der Waals surface area (Å²) < 4.78 is 10.4. The number of nitrogens with two attached hydrogens (primary N) is 4. The fourth-order valence-corrected chi connectivity index (χ4v) is 3.47. The van der Waals surface area contributed by atoms with Crippen molar-refractivity contribution in [1.82, 2.24) is 0 Å². The Morgan fingerprint density at radius 3 is 1.15 bits per heavy atom. The first kappa shape index (κ1) is 24.3. The lowest BCUT2D eigenvalue weighted by molar-refractivity contribution is 0.416. The van der Waals surface area contributed by atoms with Crippen molar-refractivity contribution in [3.63, 3.8) is 0 Å². The molecule has 0 unspecified atom stereocenters. The van der Waals surface area contributed by atoms with Gasteiger partial charge in [0.2, 0.25) is 0 Å². The van der Waals surface area contributed by atoms with Gasteiger partial charge in [0, 0.05) is 11.4 Å². The maximum atomic E-state index is 5.80. The molecule has 4 aromatic rings. The molecule has 0 bridgehead atoms. The molecule has 176 valence electrons. The van der Waals surface area contributed by atoms with Gasteiger partial charge in [0.05, 0.1) is 25.6 Å². The summed E-state index contributed by atoms with van der Waals surface area (Å²) in [6.07, 6.45) is 1.69. The van der Waals surface area contributed by atoms with Crippen molar-refractivity contribution in [3.8, 4) is 11.5 Å². The van der Waals surface area contributed by atoms with Crippen LogP contribution in [0.1, 0.15) is 22.3 Å². The van der Waals surface area contributed by atoms with Crippen molar-refractivity contribution in [2.75, 3.05) is 37.2 Å². The molecule has 0 fully saturated rings. The number of benzene rings is 4. The highest BCUT2D eigenvalue weighted by Gasteiger charge is 2.05. The summed E-state index contributed by atoms with van der Waals surface area (Å²) in [6.45, 7) is 0. The van der Waals surface area contributed by atoms with Gasteiger partial charge in [0.15, 0.2) is 0 Å². The summed E-state index contributed by atoms with van der Waals surface area (Å²) in [4.78, 5) is 0. The van der Waals surface area contributed by atoms with Crippen molar-refractivity contribution < 1.29 is 9.47 Å². The van der Waals surface area contributed by atoms with Crippen molar-refractivity contribution in [1.29, 1.82) is 0 Å². The summed E-state index contributed by atoms with van der Waals surface area (Å²) in [5.74, 6) is 1.39. The maximum absolute atomic E-state index is 5.80. The summed E-state index contributed by atoms with van der Waals surface area (Å²) in [5, 5.41) is 0. The monoisotopic (exact) mass is 456 g/mol. The Morgan fingerprint density at radius 2 is 0.794 bits per heavy atom. The van der Waals surface area contributed by atoms with Gasteiger partial charge in [-0.05, 0) is 83.6 Å². The van der Waals surface area contributed by atoms with Crippen LogP contribution in [0, 0.1) is 0 Å². The zero-order valence-electron chi connectivity index (χ0n) is 19.6. The molecule has 0 atom stereocenters. The molecule has 4 rings (SSSR count). The second kappa shape index (κ2) is 11.5. The summed E-state index contributed by atoms with van der Waals surface area (Å²) >= 11 is 0. The summed E-state index contributed by atoms with van der Waals surface area (Å²) in [6, 6.07) is 27.4. The molecule has 0 heterocycles. The van der Waals surface area contributed by atoms with E-state index in [1.54, 1.807) is 14.2 Å². The molecule has 0 aromatic heterocycles. The number of rotatable bonds is 6. The van der Waals surface area contributed by atoms with Crippen LogP contribution in [0.2, 0.25) is 0 Å². The largest absolute Gasteiger partial charge is 0.495 e. The minimum atomic E-state index is 0.640. The maximum Gasteiger partial charge on any atom is 0.142 e. The molecule has 0 aliphatic carbocycles. The molecular formula is C28H32N4O2. The van der Waals surface area contributed by atoms with Gasteiger partial charge in [-0.25, -0.2) is 0 Å². The van der Waals surface area contributed by atoms with Crippen LogP contribution in [-0.4, -0.2) is 14.2 Å². The van der Waals surface area contributed by atoms with Crippen LogP contribution in [0.5, 0.6) is 11.5 Å². The topological polar surface area (TPSA) is 123 Å². The lowest BCUT2D eigenvalue weighted by Gasteiger charge is -2.09. The Hall–Kier alpha value is -4.32. The third-order valence-electron chi connectivity index (χ3n) is 5.37. The third-order valence-corrected chi connectivity index (χ3v) is 5.37. The number of ether oxygens (including phenoxy) is 2. The first-order chi connectivity index (χ1) is 16.4. The normalized spacial score (nSPS) is 10.2. The molecule has 0 amide bonds. The van der Waals surface area contributed by atoms with E-state index >= 15 is 0 Å². The Balaban J connectivity index is 0.000000196. The molecule has 6 heteroatoms. The third kappa shape index (κ3) is 6.84. The summed E-state index contributed by atoms with van der Waals surface area (Å²) in [5.41, 5.74) is 30.5. The van der Waals surface area contributed by atoms with Crippen LogP contribution in [-0.2, 0) is 12.8 Å². The minimum absolute atomic E-state index is 0.640. The van der Waals surface area contributed by atoms with Crippen LogP contribution in [0.3, 0.4) is 0 Å². The highest BCUT2D eigenvalue weighted by molar-refractivity contribution is 5.56. The first-order valence-corrected chi connectivity index (χ1v) is 10.9. The van der Waals surface area contributed by atoms with Gasteiger partial charge in [0.25, 0.3) is 0 Å². The van der Waals surface area contributed by atoms with E-state index < -0.39 is 0 Å². The van der Waals surface area contributed by atoms with Gasteiger partial charge < -0.3 is 32.4 Å². The Bertz CT molecular complexity index is 1110. The molecular weight excluding hydrogens is 424 g/mol. The molecule has 0 aliphatic heterocycles. The van der Waals surface area contributed by atoms with Crippen LogP contribution < -0.4 is 32.4 Å². The fourth-order valence-electron chi connectivity index (χ4n) is 3.47. The number of nitrogen functional groups attached to an aromatic ring is 4. The molecule has 8 N–H and O–H groups in total. The second-order valence-corrected chi connectivity index (χ2v) is 7.99. The van der Waals surface area contributed by atoms with Gasteiger partial charge >= 0.3 is 0 Å². The molecule has 0 saturated heterocycles. The molecule has 0 saturated carbocycles. The zero-order chi connectivity index (χ0) is 24.5. The van der Waals surface area contributed by atoms with E-state index in [9.17, 15) is 0 Å². The average Bonchev–Trinajstić information content (AvgIpc) is 2.85. The predicted molar refractivity (Wildman–Crippen MR) is 142 cm³/mol. The Morgan fingerprint density at radius 1 is 0.471 bits per heavy atom.